The average molecular weight is 587 g/mol. The van der Waals surface area contributed by atoms with E-state index in [9.17, 15) is 23.3 Å². The first kappa shape index (κ1) is 27.5. The number of carbonyl (C=O) groups excluding carboxylic acids is 1. The van der Waals surface area contributed by atoms with Crippen molar-refractivity contribution in [2.24, 2.45) is 0 Å². The molecular weight excluding hydrogens is 562 g/mol. The van der Waals surface area contributed by atoms with Crippen molar-refractivity contribution in [2.45, 2.75) is 25.3 Å². The molecule has 202 valence electrons. The summed E-state index contributed by atoms with van der Waals surface area (Å²) in [7, 11) is -3.98. The molecule has 1 amide bonds. The summed E-state index contributed by atoms with van der Waals surface area (Å²) in [6.07, 6.45) is 4.55. The molecule has 39 heavy (non-hydrogen) atoms. The molecule has 9 nitrogen and oxygen atoms in total. The van der Waals surface area contributed by atoms with Gasteiger partial charge in [-0.3, -0.25) is 9.10 Å². The molecular formula is C26H25BCl2N4O5S. The first-order chi connectivity index (χ1) is 18.5. The van der Waals surface area contributed by atoms with Gasteiger partial charge in [-0.05, 0) is 54.2 Å². The van der Waals surface area contributed by atoms with Crippen LogP contribution in [0.5, 0.6) is 0 Å². The lowest BCUT2D eigenvalue weighted by Gasteiger charge is -2.25. The fourth-order valence-corrected chi connectivity index (χ4v) is 5.93. The largest absolute Gasteiger partial charge is 0.489 e. The number of hydrogen-bond acceptors (Lipinski definition) is 6. The lowest BCUT2D eigenvalue weighted by Crippen LogP contribution is -2.32. The van der Waals surface area contributed by atoms with Gasteiger partial charge in [0.15, 0.2) is 0 Å². The quantitative estimate of drug-likeness (QED) is 0.272. The number of rotatable bonds is 8. The highest BCUT2D eigenvalue weighted by atomic mass is 35.5. The molecule has 3 N–H and O–H groups in total. The van der Waals surface area contributed by atoms with Crippen LogP contribution in [0.25, 0.3) is 16.8 Å². The first-order valence-electron chi connectivity index (χ1n) is 12.1. The predicted octanol–water partition coefficient (Wildman–Crippen LogP) is 3.19. The van der Waals surface area contributed by atoms with Gasteiger partial charge in [0.25, 0.3) is 5.91 Å². The van der Waals surface area contributed by atoms with Crippen LogP contribution in [0.4, 0.5) is 5.69 Å². The lowest BCUT2D eigenvalue weighted by atomic mass is 9.80. The topological polar surface area (TPSA) is 124 Å². The van der Waals surface area contributed by atoms with Crippen molar-refractivity contribution in [2.75, 3.05) is 17.6 Å². The van der Waals surface area contributed by atoms with Crippen molar-refractivity contribution >= 4 is 62.9 Å². The van der Waals surface area contributed by atoms with E-state index in [1.807, 2.05) is 6.07 Å². The Morgan fingerprint density at radius 3 is 2.41 bits per heavy atom. The number of hydrogen-bond donors (Lipinski definition) is 3. The van der Waals surface area contributed by atoms with Gasteiger partial charge in [-0.1, -0.05) is 47.5 Å². The second-order valence-electron chi connectivity index (χ2n) is 9.53. The number of nitrogens with one attached hydrogen (secondary N) is 1. The van der Waals surface area contributed by atoms with Gasteiger partial charge in [0.1, 0.15) is 5.69 Å². The Morgan fingerprint density at radius 2 is 1.85 bits per heavy atom. The van der Waals surface area contributed by atoms with Gasteiger partial charge in [-0.25, -0.2) is 12.9 Å². The molecule has 0 atom stereocenters. The van der Waals surface area contributed by atoms with Gasteiger partial charge < -0.3 is 15.4 Å². The maximum atomic E-state index is 13.1. The molecule has 1 aliphatic rings. The minimum absolute atomic E-state index is 0.0425. The summed E-state index contributed by atoms with van der Waals surface area (Å²) in [5.41, 5.74) is 4.01. The summed E-state index contributed by atoms with van der Waals surface area (Å²) in [6.45, 7) is -0.0425. The summed E-state index contributed by atoms with van der Waals surface area (Å²) in [6, 6.07) is 13.4. The molecule has 0 unspecified atom stereocenters. The first-order valence-corrected chi connectivity index (χ1v) is 14.7. The van der Waals surface area contributed by atoms with Crippen LogP contribution in [0.2, 0.25) is 10.0 Å². The van der Waals surface area contributed by atoms with Crippen molar-refractivity contribution in [3.8, 4) is 11.3 Å². The van der Waals surface area contributed by atoms with Crippen molar-refractivity contribution in [3.63, 3.8) is 0 Å². The summed E-state index contributed by atoms with van der Waals surface area (Å²) in [5, 5.41) is 27.0. The van der Waals surface area contributed by atoms with Crippen molar-refractivity contribution in [1.29, 1.82) is 0 Å². The standard InChI is InChI=1S/C26H25BCl2N4O5S/c1-30-26(34)24-22-12-19(16-4-5-16)23(14-32(22)31-25(24)17-6-8-18(28)9-7-17)33(39(2,37)38)13-15-3-10-20(27(35)36)21(29)11-15/h3,6-12,14,16,35-36H,4-5,13H2,1-2H3,(H,30,34). The molecule has 1 fully saturated rings. The van der Waals surface area contributed by atoms with E-state index in [2.05, 4.69) is 5.32 Å². The molecule has 13 heteroatoms. The number of amides is 1. The summed E-state index contributed by atoms with van der Waals surface area (Å²) < 4.78 is 29.0. The predicted molar refractivity (Wildman–Crippen MR) is 153 cm³/mol. The van der Waals surface area contributed by atoms with Crippen LogP contribution in [-0.2, 0) is 16.6 Å². The molecule has 1 aliphatic carbocycles. The molecule has 4 aromatic rings. The molecule has 2 heterocycles. The minimum Gasteiger partial charge on any atom is -0.423 e. The zero-order chi connectivity index (χ0) is 28.1. The third-order valence-electron chi connectivity index (χ3n) is 6.71. The highest BCUT2D eigenvalue weighted by Crippen LogP contribution is 2.46. The fourth-order valence-electron chi connectivity index (χ4n) is 4.61. The van der Waals surface area contributed by atoms with Crippen molar-refractivity contribution in [1.82, 2.24) is 14.9 Å². The molecule has 5 rings (SSSR count). The zero-order valence-electron chi connectivity index (χ0n) is 21.1. The highest BCUT2D eigenvalue weighted by molar-refractivity contribution is 7.92. The van der Waals surface area contributed by atoms with Gasteiger partial charge >= 0.3 is 7.12 Å². The average Bonchev–Trinajstić information content (AvgIpc) is 3.66. The number of pyridine rings is 1. The zero-order valence-corrected chi connectivity index (χ0v) is 23.4. The minimum atomic E-state index is -3.78. The van der Waals surface area contributed by atoms with Gasteiger partial charge in [0, 0.05) is 28.1 Å². The molecule has 2 aromatic carbocycles. The summed E-state index contributed by atoms with van der Waals surface area (Å²) in [4.78, 5) is 13.0. The van der Waals surface area contributed by atoms with E-state index in [1.165, 1.54) is 21.0 Å². The van der Waals surface area contributed by atoms with Gasteiger partial charge in [-0.2, -0.15) is 5.10 Å². The number of nitrogens with zero attached hydrogens (tertiary/aromatic N) is 3. The Morgan fingerprint density at radius 1 is 1.15 bits per heavy atom. The van der Waals surface area contributed by atoms with Crippen LogP contribution in [0.1, 0.15) is 40.2 Å². The van der Waals surface area contributed by atoms with Crippen LogP contribution >= 0.6 is 23.2 Å². The number of fused-ring (bicyclic) bond motifs is 1. The number of carbonyl (C=O) groups is 1. The van der Waals surface area contributed by atoms with E-state index in [1.54, 1.807) is 43.6 Å². The lowest BCUT2D eigenvalue weighted by molar-refractivity contribution is 0.0965. The maximum Gasteiger partial charge on any atom is 0.489 e. The Bertz CT molecular complexity index is 1690. The SMILES string of the molecule is CNC(=O)c1c(-c2ccc(Cl)cc2)nn2cc(N(Cc3ccc(B(O)O)c(Cl)c3)S(C)(=O)=O)c(C3CC3)cc12. The third-order valence-corrected chi connectivity index (χ3v) is 8.41. The van der Waals surface area contributed by atoms with Crippen LogP contribution in [0, 0.1) is 0 Å². The number of benzene rings is 2. The smallest absolute Gasteiger partial charge is 0.423 e. The second kappa shape index (κ2) is 10.5. The Labute approximate surface area is 236 Å². The van der Waals surface area contributed by atoms with Crippen molar-refractivity contribution in [3.05, 3.63) is 81.5 Å². The van der Waals surface area contributed by atoms with E-state index in [0.717, 1.165) is 24.7 Å². The third kappa shape index (κ3) is 5.50. The molecule has 0 bridgehead atoms. The summed E-state index contributed by atoms with van der Waals surface area (Å²) >= 11 is 12.3. The maximum absolute atomic E-state index is 13.1. The van der Waals surface area contributed by atoms with Crippen LogP contribution < -0.4 is 15.1 Å². The Kier molecular flexibility index (Phi) is 7.38. The van der Waals surface area contributed by atoms with Crippen LogP contribution in [-0.4, -0.2) is 54.4 Å². The number of aromatic nitrogens is 2. The molecule has 0 aliphatic heterocycles. The van der Waals surface area contributed by atoms with Crippen LogP contribution in [0.3, 0.4) is 0 Å². The normalized spacial score (nSPS) is 13.5. The number of sulfonamides is 1. The van der Waals surface area contributed by atoms with Gasteiger partial charge in [0.05, 0.1) is 35.8 Å². The molecule has 1 saturated carbocycles. The monoisotopic (exact) mass is 586 g/mol. The Hall–Kier alpha value is -3.09. The molecule has 0 saturated heterocycles. The molecule has 0 radical (unpaired) electrons. The van der Waals surface area contributed by atoms with Crippen molar-refractivity contribution < 1.29 is 23.3 Å². The fraction of sp³-hybridized carbons (Fsp3) is 0.231. The second-order valence-corrected chi connectivity index (χ2v) is 12.3. The van der Waals surface area contributed by atoms with Gasteiger partial charge in [-0.15, -0.1) is 0 Å². The molecule has 2 aromatic heterocycles. The molecule has 0 spiro atoms. The Balaban J connectivity index is 1.69. The van der Waals surface area contributed by atoms with E-state index in [4.69, 9.17) is 28.3 Å². The number of halogens is 2. The van der Waals surface area contributed by atoms with Gasteiger partial charge in [0.2, 0.25) is 10.0 Å². The van der Waals surface area contributed by atoms with E-state index in [-0.39, 0.29) is 28.9 Å². The number of anilines is 1. The van der Waals surface area contributed by atoms with Crippen LogP contribution in [0.15, 0.2) is 54.7 Å². The van der Waals surface area contributed by atoms with E-state index < -0.39 is 17.1 Å². The van der Waals surface area contributed by atoms with E-state index in [0.29, 0.717) is 38.6 Å². The van der Waals surface area contributed by atoms with E-state index >= 15 is 0 Å². The highest BCUT2D eigenvalue weighted by Gasteiger charge is 2.33. The summed E-state index contributed by atoms with van der Waals surface area (Å²) in [5.74, 6) is -0.179.